The molecule has 40 heavy (non-hydrogen) atoms. The molecule has 1 N–H and O–H groups in total. The van der Waals surface area contributed by atoms with E-state index in [1.807, 2.05) is 23.1 Å². The molecule has 0 spiro atoms. The van der Waals surface area contributed by atoms with Crippen molar-refractivity contribution in [3.05, 3.63) is 83.2 Å². The highest BCUT2D eigenvalue weighted by Gasteiger charge is 2.42. The lowest BCUT2D eigenvalue weighted by atomic mass is 9.96. The molecule has 3 aromatic carbocycles. The number of aliphatic imine (C=N–C) groups is 1. The van der Waals surface area contributed by atoms with E-state index in [2.05, 4.69) is 9.89 Å². The van der Waals surface area contributed by atoms with Crippen LogP contribution in [0.15, 0.2) is 65.7 Å². The molecule has 7 nitrogen and oxygen atoms in total. The zero-order valence-electron chi connectivity index (χ0n) is 21.5. The monoisotopic (exact) mass is 554 g/mol. The van der Waals surface area contributed by atoms with Gasteiger partial charge in [0, 0.05) is 48.6 Å². The third-order valence-electron chi connectivity index (χ3n) is 7.78. The molecule has 0 aromatic heterocycles. The van der Waals surface area contributed by atoms with Crippen LogP contribution in [0.4, 0.5) is 34.6 Å². The number of benzene rings is 3. The Balaban J connectivity index is 1.44. The zero-order chi connectivity index (χ0) is 28.2. The standard InChI is InChI=1S/C29H26F4N4O3/c1-40-25-10-4-9-23-21(25)14-19-16-35(11-12-36(19)23)28-34-27-20(7-3-8-22(27)30)24(15-26(38)39)37(28)18-6-2-5-17(13-18)29(31,32)33/h2-10,13,19,24H,11-12,14-16H2,1H3,(H,38,39). The number of para-hydroxylation sites is 1. The number of fused-ring (bicyclic) bond motifs is 4. The maximum atomic E-state index is 15.1. The normalized spacial score (nSPS) is 20.0. The summed E-state index contributed by atoms with van der Waals surface area (Å²) in [4.78, 5) is 22.4. The fourth-order valence-corrected chi connectivity index (χ4v) is 6.05. The van der Waals surface area contributed by atoms with Crippen LogP contribution in [0.5, 0.6) is 5.75 Å². The molecular formula is C29H26F4N4O3. The number of piperazine rings is 1. The molecule has 1 fully saturated rings. The van der Waals surface area contributed by atoms with Crippen LogP contribution < -0.4 is 14.5 Å². The Kier molecular flexibility index (Phi) is 6.31. The topological polar surface area (TPSA) is 68.6 Å². The lowest BCUT2D eigenvalue weighted by Gasteiger charge is -2.46. The molecule has 11 heteroatoms. The van der Waals surface area contributed by atoms with Crippen LogP contribution in [-0.2, 0) is 17.4 Å². The fraction of sp³-hybridized carbons (Fsp3) is 0.310. The van der Waals surface area contributed by atoms with Gasteiger partial charge in [-0.2, -0.15) is 13.2 Å². The van der Waals surface area contributed by atoms with Crippen molar-refractivity contribution in [2.24, 2.45) is 4.99 Å². The third-order valence-corrected chi connectivity index (χ3v) is 7.78. The van der Waals surface area contributed by atoms with Crippen molar-refractivity contribution in [1.82, 2.24) is 4.90 Å². The molecule has 3 aliphatic rings. The van der Waals surface area contributed by atoms with E-state index in [1.54, 1.807) is 13.2 Å². The number of alkyl halides is 3. The summed E-state index contributed by atoms with van der Waals surface area (Å²) in [6, 6.07) is 13.9. The Hall–Kier alpha value is -4.28. The summed E-state index contributed by atoms with van der Waals surface area (Å²) in [5.41, 5.74) is 1.73. The quantitative estimate of drug-likeness (QED) is 0.422. The largest absolute Gasteiger partial charge is 0.496 e. The predicted molar refractivity (Wildman–Crippen MR) is 142 cm³/mol. The number of hydrogen-bond acceptors (Lipinski definition) is 6. The Morgan fingerprint density at radius 2 is 1.88 bits per heavy atom. The zero-order valence-corrected chi connectivity index (χ0v) is 21.5. The van der Waals surface area contributed by atoms with Crippen molar-refractivity contribution in [2.45, 2.75) is 31.1 Å². The maximum absolute atomic E-state index is 15.1. The van der Waals surface area contributed by atoms with E-state index < -0.39 is 36.0 Å². The molecule has 3 heterocycles. The average molecular weight is 555 g/mol. The first-order valence-electron chi connectivity index (χ1n) is 12.9. The highest BCUT2D eigenvalue weighted by Crippen LogP contribution is 2.44. The Morgan fingerprint density at radius 1 is 1.10 bits per heavy atom. The number of methoxy groups -OCH3 is 1. The van der Waals surface area contributed by atoms with Crippen LogP contribution in [0.1, 0.15) is 29.2 Å². The number of rotatable bonds is 4. The number of halogens is 4. The summed E-state index contributed by atoms with van der Waals surface area (Å²) >= 11 is 0. The van der Waals surface area contributed by atoms with Crippen molar-refractivity contribution in [3.8, 4) is 5.75 Å². The van der Waals surface area contributed by atoms with E-state index in [0.29, 0.717) is 31.6 Å². The lowest BCUT2D eigenvalue weighted by molar-refractivity contribution is -0.138. The number of carboxylic acids is 1. The van der Waals surface area contributed by atoms with Crippen molar-refractivity contribution >= 4 is 29.0 Å². The van der Waals surface area contributed by atoms with Crippen molar-refractivity contribution in [3.63, 3.8) is 0 Å². The molecule has 0 saturated carbocycles. The second-order valence-corrected chi connectivity index (χ2v) is 10.1. The first-order valence-corrected chi connectivity index (χ1v) is 12.9. The van der Waals surface area contributed by atoms with E-state index in [4.69, 9.17) is 4.74 Å². The molecule has 1 saturated heterocycles. The number of carboxylic acid groups (broad SMARTS) is 1. The number of aliphatic carboxylic acids is 1. The van der Waals surface area contributed by atoms with Crippen LogP contribution in [0.25, 0.3) is 0 Å². The fourth-order valence-electron chi connectivity index (χ4n) is 6.05. The minimum absolute atomic E-state index is 0.00535. The van der Waals surface area contributed by atoms with Gasteiger partial charge in [0.2, 0.25) is 5.96 Å². The van der Waals surface area contributed by atoms with Crippen LogP contribution in [0.3, 0.4) is 0 Å². The van der Waals surface area contributed by atoms with Gasteiger partial charge in [-0.25, -0.2) is 9.38 Å². The van der Waals surface area contributed by atoms with Gasteiger partial charge in [0.15, 0.2) is 0 Å². The van der Waals surface area contributed by atoms with Gasteiger partial charge in [-0.05, 0) is 36.4 Å². The van der Waals surface area contributed by atoms with Gasteiger partial charge in [0.05, 0.1) is 31.2 Å². The molecule has 2 unspecified atom stereocenters. The van der Waals surface area contributed by atoms with Crippen LogP contribution >= 0.6 is 0 Å². The van der Waals surface area contributed by atoms with E-state index in [9.17, 15) is 23.1 Å². The highest BCUT2D eigenvalue weighted by atomic mass is 19.4. The van der Waals surface area contributed by atoms with Crippen molar-refractivity contribution in [1.29, 1.82) is 0 Å². The van der Waals surface area contributed by atoms with Gasteiger partial charge in [-0.3, -0.25) is 4.79 Å². The van der Waals surface area contributed by atoms with Crippen LogP contribution in [0, 0.1) is 5.82 Å². The summed E-state index contributed by atoms with van der Waals surface area (Å²) < 4.78 is 61.8. The molecule has 0 aliphatic carbocycles. The molecular weight excluding hydrogens is 528 g/mol. The minimum atomic E-state index is -4.60. The Labute approximate surface area is 227 Å². The number of ether oxygens (including phenoxy) is 1. The summed E-state index contributed by atoms with van der Waals surface area (Å²) in [7, 11) is 1.62. The summed E-state index contributed by atoms with van der Waals surface area (Å²) in [5, 5.41) is 9.81. The minimum Gasteiger partial charge on any atom is -0.496 e. The van der Waals surface area contributed by atoms with Gasteiger partial charge in [0.1, 0.15) is 17.3 Å². The number of carbonyl (C=O) groups is 1. The smallest absolute Gasteiger partial charge is 0.416 e. The molecule has 3 aromatic rings. The first kappa shape index (κ1) is 26.0. The summed E-state index contributed by atoms with van der Waals surface area (Å²) in [6.45, 7) is 1.49. The second-order valence-electron chi connectivity index (χ2n) is 10.1. The van der Waals surface area contributed by atoms with Crippen LogP contribution in [0.2, 0.25) is 0 Å². The number of anilines is 2. The number of hydrogen-bond donors (Lipinski definition) is 1. The molecule has 0 bridgehead atoms. The molecule has 3 aliphatic heterocycles. The van der Waals surface area contributed by atoms with E-state index >= 15 is 4.39 Å². The lowest BCUT2D eigenvalue weighted by Crippen LogP contribution is -2.58. The van der Waals surface area contributed by atoms with Gasteiger partial charge < -0.3 is 24.5 Å². The van der Waals surface area contributed by atoms with E-state index in [-0.39, 0.29) is 23.4 Å². The number of guanidine groups is 1. The molecule has 6 rings (SSSR count). The first-order chi connectivity index (χ1) is 19.2. The SMILES string of the molecule is COc1cccc2c1CC1CN(C3=Nc4c(F)cccc4C(CC(=O)O)N3c3cccc(C(F)(F)F)c3)CCN21. The molecule has 0 radical (unpaired) electrons. The average Bonchev–Trinajstić information content (AvgIpc) is 3.30. The molecule has 208 valence electrons. The summed E-state index contributed by atoms with van der Waals surface area (Å²) in [6.07, 6.45) is -4.37. The second kappa shape index (κ2) is 9.72. The van der Waals surface area contributed by atoms with Crippen molar-refractivity contribution in [2.75, 3.05) is 36.5 Å². The Morgan fingerprint density at radius 3 is 2.62 bits per heavy atom. The van der Waals surface area contributed by atoms with Crippen molar-refractivity contribution < 1.29 is 32.2 Å². The van der Waals surface area contributed by atoms with E-state index in [1.165, 1.54) is 29.2 Å². The Bertz CT molecular complexity index is 1510. The molecule has 0 amide bonds. The predicted octanol–water partition coefficient (Wildman–Crippen LogP) is 5.62. The highest BCUT2D eigenvalue weighted by molar-refractivity contribution is 6.01. The summed E-state index contributed by atoms with van der Waals surface area (Å²) in [5.74, 6) is -0.769. The maximum Gasteiger partial charge on any atom is 0.416 e. The van der Waals surface area contributed by atoms with Gasteiger partial charge in [0.25, 0.3) is 0 Å². The van der Waals surface area contributed by atoms with Gasteiger partial charge >= 0.3 is 12.1 Å². The molecule has 2 atom stereocenters. The third kappa shape index (κ3) is 4.39. The van der Waals surface area contributed by atoms with Gasteiger partial charge in [-0.15, -0.1) is 0 Å². The number of nitrogens with zero attached hydrogens (tertiary/aromatic N) is 4. The van der Waals surface area contributed by atoms with E-state index in [0.717, 1.165) is 29.1 Å². The van der Waals surface area contributed by atoms with Crippen LogP contribution in [-0.4, -0.2) is 54.7 Å². The van der Waals surface area contributed by atoms with Gasteiger partial charge in [-0.1, -0.05) is 24.3 Å².